The number of hydrogen-bond donors (Lipinski definition) is 1. The predicted octanol–water partition coefficient (Wildman–Crippen LogP) is 2.53. The average Bonchev–Trinajstić information content (AvgIpc) is 2.51. The summed E-state index contributed by atoms with van der Waals surface area (Å²) in [6.45, 7) is 9.11. The number of allylic oxidation sites excluding steroid dienone is 2. The van der Waals surface area contributed by atoms with Crippen LogP contribution in [-0.2, 0) is 0 Å². The van der Waals surface area contributed by atoms with E-state index >= 15 is 0 Å². The second-order valence-electron chi connectivity index (χ2n) is 5.71. The second kappa shape index (κ2) is 3.22. The predicted molar refractivity (Wildman–Crippen MR) is 65.0 cm³/mol. The Morgan fingerprint density at radius 2 is 1.87 bits per heavy atom. The topological polar surface area (TPSA) is 24.4 Å². The molecule has 82 valence electrons. The molecule has 1 N–H and O–H groups in total. The first kappa shape index (κ1) is 10.5. The van der Waals surface area contributed by atoms with Crippen LogP contribution >= 0.6 is 0 Å². The van der Waals surface area contributed by atoms with Gasteiger partial charge in [0.2, 0.25) is 0 Å². The normalized spacial score (nSPS) is 38.7. The summed E-state index contributed by atoms with van der Waals surface area (Å²) >= 11 is 0. The molecule has 0 radical (unpaired) electrons. The maximum absolute atomic E-state index is 4.39. The van der Waals surface area contributed by atoms with E-state index in [0.29, 0.717) is 6.04 Å². The van der Waals surface area contributed by atoms with Crippen LogP contribution in [0.2, 0.25) is 0 Å². The maximum Gasteiger partial charge on any atom is 0.0934 e. The molecule has 2 unspecified atom stereocenters. The van der Waals surface area contributed by atoms with Crippen molar-refractivity contribution in [1.29, 1.82) is 0 Å². The third-order valence-electron chi connectivity index (χ3n) is 3.79. The van der Waals surface area contributed by atoms with Crippen LogP contribution in [0.15, 0.2) is 29.3 Å². The van der Waals surface area contributed by atoms with Crippen molar-refractivity contribution in [3.63, 3.8) is 0 Å². The van der Waals surface area contributed by atoms with Gasteiger partial charge < -0.3 is 5.32 Å². The summed E-state index contributed by atoms with van der Waals surface area (Å²) in [7, 11) is 0. The first-order valence-electron chi connectivity index (χ1n) is 5.59. The number of fused-ring (bicyclic) bond motifs is 1. The molecule has 0 aromatic carbocycles. The molecule has 0 bridgehead atoms. The van der Waals surface area contributed by atoms with Gasteiger partial charge in [0.05, 0.1) is 18.4 Å². The van der Waals surface area contributed by atoms with Gasteiger partial charge in [0, 0.05) is 5.41 Å². The zero-order valence-electron chi connectivity index (χ0n) is 9.99. The molecule has 3 atom stereocenters. The lowest BCUT2D eigenvalue weighted by molar-refractivity contribution is 0.228. The van der Waals surface area contributed by atoms with Crippen molar-refractivity contribution in [2.24, 2.45) is 15.8 Å². The van der Waals surface area contributed by atoms with E-state index in [0.717, 1.165) is 0 Å². The van der Waals surface area contributed by atoms with Crippen molar-refractivity contribution >= 4 is 6.34 Å². The SMILES string of the molecule is CC(C)(C)C1(C)C=CC2N=CN[C@@H]2C=C1. The highest BCUT2D eigenvalue weighted by atomic mass is 15.1. The van der Waals surface area contributed by atoms with Gasteiger partial charge in [-0.1, -0.05) is 52.0 Å². The van der Waals surface area contributed by atoms with Crippen LogP contribution in [0.5, 0.6) is 0 Å². The third kappa shape index (κ3) is 1.73. The Morgan fingerprint density at radius 1 is 1.20 bits per heavy atom. The van der Waals surface area contributed by atoms with Gasteiger partial charge in [0.1, 0.15) is 0 Å². The molecule has 0 fully saturated rings. The fraction of sp³-hybridized carbons (Fsp3) is 0.615. The van der Waals surface area contributed by atoms with E-state index in [-0.39, 0.29) is 16.9 Å². The van der Waals surface area contributed by atoms with Crippen molar-refractivity contribution in [2.45, 2.75) is 39.8 Å². The van der Waals surface area contributed by atoms with E-state index in [2.05, 4.69) is 62.3 Å². The highest BCUT2D eigenvalue weighted by Gasteiger charge is 2.35. The Bertz CT molecular complexity index is 333. The molecule has 2 nitrogen and oxygen atoms in total. The highest BCUT2D eigenvalue weighted by molar-refractivity contribution is 5.60. The smallest absolute Gasteiger partial charge is 0.0934 e. The van der Waals surface area contributed by atoms with Crippen molar-refractivity contribution in [3.8, 4) is 0 Å². The van der Waals surface area contributed by atoms with Gasteiger partial charge in [-0.15, -0.1) is 0 Å². The summed E-state index contributed by atoms with van der Waals surface area (Å²) in [6.07, 6.45) is 10.9. The Labute approximate surface area is 92.2 Å². The quantitative estimate of drug-likeness (QED) is 0.602. The third-order valence-corrected chi connectivity index (χ3v) is 3.79. The second-order valence-corrected chi connectivity index (χ2v) is 5.71. The van der Waals surface area contributed by atoms with E-state index in [4.69, 9.17) is 0 Å². The molecule has 1 aliphatic heterocycles. The molecular weight excluding hydrogens is 184 g/mol. The number of rotatable bonds is 0. The molecule has 1 heterocycles. The number of nitrogens with zero attached hydrogens (tertiary/aromatic N) is 1. The first-order chi connectivity index (χ1) is 6.92. The van der Waals surface area contributed by atoms with Gasteiger partial charge >= 0.3 is 0 Å². The van der Waals surface area contributed by atoms with Crippen LogP contribution in [0.1, 0.15) is 27.7 Å². The molecule has 0 saturated carbocycles. The molecule has 2 heteroatoms. The van der Waals surface area contributed by atoms with E-state index in [9.17, 15) is 0 Å². The van der Waals surface area contributed by atoms with Crippen LogP contribution in [0.4, 0.5) is 0 Å². The zero-order chi connectivity index (χ0) is 11.1. The Balaban J connectivity index is 2.32. The van der Waals surface area contributed by atoms with Gasteiger partial charge in [-0.2, -0.15) is 0 Å². The summed E-state index contributed by atoms with van der Waals surface area (Å²) < 4.78 is 0. The minimum atomic E-state index is 0.120. The van der Waals surface area contributed by atoms with Gasteiger partial charge in [0.15, 0.2) is 0 Å². The number of hydrogen-bond acceptors (Lipinski definition) is 2. The van der Waals surface area contributed by atoms with Gasteiger partial charge in [-0.05, 0) is 5.41 Å². The van der Waals surface area contributed by atoms with Crippen molar-refractivity contribution in [3.05, 3.63) is 24.3 Å². The molecule has 0 saturated heterocycles. The van der Waals surface area contributed by atoms with E-state index in [1.54, 1.807) is 0 Å². The first-order valence-corrected chi connectivity index (χ1v) is 5.59. The zero-order valence-corrected chi connectivity index (χ0v) is 9.99. The lowest BCUT2D eigenvalue weighted by Crippen LogP contribution is -2.29. The summed E-state index contributed by atoms with van der Waals surface area (Å²) in [5.74, 6) is 0. The summed E-state index contributed by atoms with van der Waals surface area (Å²) in [5, 5.41) is 3.26. The molecule has 0 spiro atoms. The fourth-order valence-electron chi connectivity index (χ4n) is 1.90. The van der Waals surface area contributed by atoms with Crippen LogP contribution in [0.25, 0.3) is 0 Å². The van der Waals surface area contributed by atoms with Gasteiger partial charge in [0.25, 0.3) is 0 Å². The minimum Gasteiger partial charge on any atom is -0.368 e. The molecule has 0 aromatic rings. The van der Waals surface area contributed by atoms with Crippen molar-refractivity contribution < 1.29 is 0 Å². The summed E-state index contributed by atoms with van der Waals surface area (Å²) in [6, 6.07) is 0.635. The molecule has 15 heavy (non-hydrogen) atoms. The largest absolute Gasteiger partial charge is 0.368 e. The van der Waals surface area contributed by atoms with Crippen molar-refractivity contribution in [2.75, 3.05) is 0 Å². The Kier molecular flexibility index (Phi) is 2.25. The number of nitrogens with one attached hydrogen (secondary N) is 1. The Morgan fingerprint density at radius 3 is 2.53 bits per heavy atom. The highest BCUT2D eigenvalue weighted by Crippen LogP contribution is 2.42. The minimum absolute atomic E-state index is 0.120. The van der Waals surface area contributed by atoms with E-state index < -0.39 is 0 Å². The van der Waals surface area contributed by atoms with E-state index in [1.807, 2.05) is 6.34 Å². The maximum atomic E-state index is 4.39. The lowest BCUT2D eigenvalue weighted by Gasteiger charge is -2.37. The van der Waals surface area contributed by atoms with Crippen LogP contribution < -0.4 is 5.32 Å². The number of aliphatic imine (C=N–C) groups is 1. The molecule has 1 aliphatic carbocycles. The lowest BCUT2D eigenvalue weighted by atomic mass is 9.68. The molecule has 2 aliphatic rings. The molecule has 0 amide bonds. The van der Waals surface area contributed by atoms with Gasteiger partial charge in [-0.3, -0.25) is 4.99 Å². The monoisotopic (exact) mass is 204 g/mol. The van der Waals surface area contributed by atoms with Gasteiger partial charge in [-0.25, -0.2) is 0 Å². The van der Waals surface area contributed by atoms with Crippen LogP contribution in [0, 0.1) is 10.8 Å². The van der Waals surface area contributed by atoms with Crippen LogP contribution in [0.3, 0.4) is 0 Å². The Hall–Kier alpha value is -1.05. The molecule has 2 rings (SSSR count). The molecule has 0 aromatic heterocycles. The van der Waals surface area contributed by atoms with Crippen LogP contribution in [-0.4, -0.2) is 18.4 Å². The fourth-order valence-corrected chi connectivity index (χ4v) is 1.90. The summed E-state index contributed by atoms with van der Waals surface area (Å²) in [4.78, 5) is 4.39. The average molecular weight is 204 g/mol. The van der Waals surface area contributed by atoms with E-state index in [1.165, 1.54) is 0 Å². The van der Waals surface area contributed by atoms with Crippen molar-refractivity contribution in [1.82, 2.24) is 5.32 Å². The molecular formula is C13H20N2. The standard InChI is InChI=1S/C13H20N2/c1-12(2,3)13(4)7-5-10-11(6-8-13)15-9-14-10/h5-11H,1-4H3,(H,14,15)/t10-,11?,13?/m1/s1. The summed E-state index contributed by atoms with van der Waals surface area (Å²) in [5.41, 5.74) is 0.358.